The molecular weight excluding hydrogens is 448 g/mol. The second-order valence-corrected chi connectivity index (χ2v) is 9.77. The Morgan fingerprint density at radius 1 is 1.06 bits per heavy atom. The van der Waals surface area contributed by atoms with Crippen LogP contribution in [0.1, 0.15) is 37.2 Å². The molecule has 1 saturated carbocycles. The second-order valence-electron chi connectivity index (χ2n) is 8.46. The molecule has 0 aliphatic heterocycles. The van der Waals surface area contributed by atoms with Crippen LogP contribution in [0.25, 0.3) is 11.4 Å². The van der Waals surface area contributed by atoms with Gasteiger partial charge in [0.05, 0.1) is 22.3 Å². The molecule has 0 radical (unpaired) electrons. The fourth-order valence-corrected chi connectivity index (χ4v) is 4.63. The molecule has 0 spiro atoms. The van der Waals surface area contributed by atoms with Crippen LogP contribution >= 0.6 is 11.8 Å². The first-order valence-corrected chi connectivity index (χ1v) is 12.2. The van der Waals surface area contributed by atoms with Crippen molar-refractivity contribution in [2.24, 2.45) is 7.05 Å². The average molecular weight is 475 g/mol. The number of aromatic nitrogens is 5. The number of amides is 1. The lowest BCUT2D eigenvalue weighted by Crippen LogP contribution is -2.27. The van der Waals surface area contributed by atoms with Gasteiger partial charge in [-0.2, -0.15) is 0 Å². The van der Waals surface area contributed by atoms with E-state index in [-0.39, 0.29) is 17.2 Å². The number of anilines is 1. The largest absolute Gasteiger partial charge is 0.319 e. The second kappa shape index (κ2) is 8.98. The molecule has 1 unspecified atom stereocenters. The van der Waals surface area contributed by atoms with Crippen LogP contribution in [-0.4, -0.2) is 35.3 Å². The molecule has 2 aromatic carbocycles. The van der Waals surface area contributed by atoms with Crippen LogP contribution in [-0.2, 0) is 11.8 Å². The highest BCUT2D eigenvalue weighted by molar-refractivity contribution is 8.00. The summed E-state index contributed by atoms with van der Waals surface area (Å²) in [7, 11) is 1.80. The van der Waals surface area contributed by atoms with Gasteiger partial charge in [0.15, 0.2) is 0 Å². The van der Waals surface area contributed by atoms with Gasteiger partial charge in [-0.05, 0) is 51.0 Å². The molecule has 5 rings (SSSR count). The molecule has 1 aliphatic rings. The lowest BCUT2D eigenvalue weighted by molar-refractivity contribution is -0.115. The van der Waals surface area contributed by atoms with E-state index < -0.39 is 5.25 Å². The Morgan fingerprint density at radius 3 is 2.29 bits per heavy atom. The first kappa shape index (κ1) is 22.2. The fraction of sp³-hybridized carbons (Fsp3) is 0.280. The van der Waals surface area contributed by atoms with E-state index in [4.69, 9.17) is 4.98 Å². The quantitative estimate of drug-likeness (QED) is 0.408. The first-order valence-electron chi connectivity index (χ1n) is 11.3. The molecule has 4 aromatic rings. The number of benzene rings is 2. The molecule has 0 bridgehead atoms. The molecule has 1 aliphatic carbocycles. The summed E-state index contributed by atoms with van der Waals surface area (Å²) in [5, 5.41) is 7.60. The number of thioether (sulfide) groups is 1. The molecule has 1 fully saturated rings. The third-order valence-corrected chi connectivity index (χ3v) is 6.96. The molecule has 2 aromatic heterocycles. The fourth-order valence-electron chi connectivity index (χ4n) is 3.87. The van der Waals surface area contributed by atoms with Crippen molar-refractivity contribution < 1.29 is 4.79 Å². The van der Waals surface area contributed by atoms with Crippen molar-refractivity contribution in [3.05, 3.63) is 82.5 Å². The topological polar surface area (TPSA) is 86.7 Å². The van der Waals surface area contributed by atoms with Crippen LogP contribution in [0.2, 0.25) is 0 Å². The predicted octanol–water partition coefficient (Wildman–Crippen LogP) is 4.06. The maximum atomic E-state index is 13.1. The van der Waals surface area contributed by atoms with Crippen LogP contribution in [0, 0.1) is 6.92 Å². The number of rotatable bonds is 7. The zero-order valence-corrected chi connectivity index (χ0v) is 20.1. The van der Waals surface area contributed by atoms with Gasteiger partial charge in [0.1, 0.15) is 11.5 Å². The molecule has 1 amide bonds. The summed E-state index contributed by atoms with van der Waals surface area (Å²) < 4.78 is 5.17. The van der Waals surface area contributed by atoms with Crippen molar-refractivity contribution in [3.8, 4) is 11.4 Å². The van der Waals surface area contributed by atoms with Crippen molar-refractivity contribution in [2.75, 3.05) is 5.32 Å². The minimum absolute atomic E-state index is 0.264. The number of hydrogen-bond donors (Lipinski definition) is 1. The molecule has 1 atom stereocenters. The van der Waals surface area contributed by atoms with Crippen LogP contribution in [0.4, 0.5) is 5.69 Å². The highest BCUT2D eigenvalue weighted by Gasteiger charge is 2.31. The summed E-state index contributed by atoms with van der Waals surface area (Å²) in [6, 6.07) is 19.3. The van der Waals surface area contributed by atoms with Crippen molar-refractivity contribution in [1.29, 1.82) is 0 Å². The van der Waals surface area contributed by atoms with Gasteiger partial charge < -0.3 is 5.32 Å². The van der Waals surface area contributed by atoms with E-state index in [1.54, 1.807) is 23.3 Å². The Balaban J connectivity index is 1.36. The molecule has 34 heavy (non-hydrogen) atoms. The Morgan fingerprint density at radius 2 is 1.68 bits per heavy atom. The Bertz CT molecular complexity index is 1390. The number of carbonyl (C=O) groups excluding carboxylic acids is 1. The Kier molecular flexibility index (Phi) is 5.87. The Labute approximate surface area is 201 Å². The summed E-state index contributed by atoms with van der Waals surface area (Å²) >= 11 is 1.29. The third kappa shape index (κ3) is 4.19. The van der Waals surface area contributed by atoms with E-state index in [0.717, 1.165) is 30.0 Å². The molecule has 174 valence electrons. The first-order chi connectivity index (χ1) is 16.4. The smallest absolute Gasteiger partial charge is 0.295 e. The Hall–Kier alpha value is -3.59. The summed E-state index contributed by atoms with van der Waals surface area (Å²) in [5.74, 6) is 1.08. The number of carbonyl (C=O) groups is 1. The molecule has 1 N–H and O–H groups in total. The van der Waals surface area contributed by atoms with Gasteiger partial charge in [-0.25, -0.2) is 14.3 Å². The molecule has 8 nitrogen and oxygen atoms in total. The minimum atomic E-state index is -0.483. The van der Waals surface area contributed by atoms with Crippen molar-refractivity contribution in [1.82, 2.24) is 24.1 Å². The third-order valence-electron chi connectivity index (χ3n) is 6.01. The van der Waals surface area contributed by atoms with Crippen LogP contribution in [0.3, 0.4) is 0 Å². The summed E-state index contributed by atoms with van der Waals surface area (Å²) in [4.78, 5) is 30.9. The van der Waals surface area contributed by atoms with E-state index in [0.29, 0.717) is 16.8 Å². The standard InChI is InChI=1S/C25H26N6O2S/c1-16-21(24(33)31(29(16)3)20-12-8-5-9-13-20)26-23(32)17(2)34-25-27-22(18-14-15-18)30(28-25)19-10-6-4-7-11-19/h4-13,17-18H,14-15H2,1-3H3,(H,26,32). The maximum absolute atomic E-state index is 13.1. The summed E-state index contributed by atoms with van der Waals surface area (Å²) in [6.07, 6.45) is 2.21. The highest BCUT2D eigenvalue weighted by Crippen LogP contribution is 2.40. The van der Waals surface area contributed by atoms with Gasteiger partial charge in [-0.3, -0.25) is 14.3 Å². The monoisotopic (exact) mass is 474 g/mol. The molecular formula is C25H26N6O2S. The summed E-state index contributed by atoms with van der Waals surface area (Å²) in [5.41, 5.74) is 2.40. The lowest BCUT2D eigenvalue weighted by Gasteiger charge is -2.09. The SMILES string of the molecule is Cc1c(NC(=O)C(C)Sc2nc(C3CC3)n(-c3ccccc3)n2)c(=O)n(-c2ccccc2)n1C. The lowest BCUT2D eigenvalue weighted by atomic mass is 10.3. The number of nitrogens with one attached hydrogen (secondary N) is 1. The molecule has 9 heteroatoms. The maximum Gasteiger partial charge on any atom is 0.295 e. The normalized spacial score (nSPS) is 14.2. The van der Waals surface area contributed by atoms with E-state index in [2.05, 4.69) is 10.4 Å². The highest BCUT2D eigenvalue weighted by atomic mass is 32.2. The van der Waals surface area contributed by atoms with E-state index in [9.17, 15) is 9.59 Å². The number of hydrogen-bond acceptors (Lipinski definition) is 5. The van der Waals surface area contributed by atoms with Gasteiger partial charge in [0, 0.05) is 13.0 Å². The summed E-state index contributed by atoms with van der Waals surface area (Å²) in [6.45, 7) is 3.62. The van der Waals surface area contributed by atoms with Gasteiger partial charge in [0.25, 0.3) is 5.56 Å². The van der Waals surface area contributed by atoms with Crippen molar-refractivity contribution in [2.45, 2.75) is 43.0 Å². The van der Waals surface area contributed by atoms with Crippen LogP contribution in [0.5, 0.6) is 0 Å². The van der Waals surface area contributed by atoms with E-state index >= 15 is 0 Å². The van der Waals surface area contributed by atoms with Gasteiger partial charge in [-0.15, -0.1) is 5.10 Å². The zero-order valence-electron chi connectivity index (χ0n) is 19.3. The predicted molar refractivity (Wildman–Crippen MR) is 133 cm³/mol. The van der Waals surface area contributed by atoms with Crippen LogP contribution in [0.15, 0.2) is 70.6 Å². The van der Waals surface area contributed by atoms with Gasteiger partial charge >= 0.3 is 0 Å². The number of para-hydroxylation sites is 2. The van der Waals surface area contributed by atoms with Crippen LogP contribution < -0.4 is 10.9 Å². The minimum Gasteiger partial charge on any atom is -0.319 e. The number of nitrogens with zero attached hydrogens (tertiary/aromatic N) is 5. The van der Waals surface area contributed by atoms with E-state index in [1.807, 2.05) is 72.3 Å². The molecule has 2 heterocycles. The van der Waals surface area contributed by atoms with Gasteiger partial charge in [-0.1, -0.05) is 48.2 Å². The van der Waals surface area contributed by atoms with Gasteiger partial charge in [0.2, 0.25) is 11.1 Å². The van der Waals surface area contributed by atoms with Crippen molar-refractivity contribution >= 4 is 23.4 Å². The van der Waals surface area contributed by atoms with E-state index in [1.165, 1.54) is 11.8 Å². The average Bonchev–Trinajstić information content (AvgIpc) is 3.58. The van der Waals surface area contributed by atoms with Crippen molar-refractivity contribution in [3.63, 3.8) is 0 Å². The molecule has 0 saturated heterocycles. The zero-order chi connectivity index (χ0) is 23.8.